The molecule has 2 heterocycles. The van der Waals surface area contributed by atoms with Crippen LogP contribution in [0.4, 0.5) is 0 Å². The highest BCUT2D eigenvalue weighted by Crippen LogP contribution is 2.39. The van der Waals surface area contributed by atoms with Crippen molar-refractivity contribution in [1.82, 2.24) is 14.7 Å². The highest BCUT2D eigenvalue weighted by atomic mass is 16.5. The Hall–Kier alpha value is -2.70. The van der Waals surface area contributed by atoms with E-state index in [1.807, 2.05) is 42.6 Å². The molecule has 0 spiro atoms. The Morgan fingerprint density at radius 3 is 2.17 bits per heavy atom. The normalized spacial score (nSPS) is 14.7. The maximum absolute atomic E-state index is 13.2. The Kier molecular flexibility index (Phi) is 7.38. The molecule has 7 nitrogen and oxygen atoms in total. The van der Waals surface area contributed by atoms with Crippen LogP contribution in [-0.4, -0.2) is 53.5 Å². The van der Waals surface area contributed by atoms with Crippen LogP contribution in [-0.2, 0) is 6.54 Å². The SMILES string of the molecule is CCOc1cc(C(=O)N2CCC(Cn3cccn3)CC2)cc(OCC)c1OCC. The molecular formula is C22H31N3O4. The van der Waals surface area contributed by atoms with E-state index < -0.39 is 0 Å². The van der Waals surface area contributed by atoms with Gasteiger partial charge in [-0.2, -0.15) is 5.10 Å². The van der Waals surface area contributed by atoms with E-state index in [-0.39, 0.29) is 5.91 Å². The number of hydrogen-bond donors (Lipinski definition) is 0. The molecule has 1 fully saturated rings. The van der Waals surface area contributed by atoms with Gasteiger partial charge in [-0.05, 0) is 57.7 Å². The number of aromatic nitrogens is 2. The quantitative estimate of drug-likeness (QED) is 0.642. The van der Waals surface area contributed by atoms with Crippen LogP contribution < -0.4 is 14.2 Å². The van der Waals surface area contributed by atoms with E-state index in [0.717, 1.165) is 32.5 Å². The number of carbonyl (C=O) groups is 1. The summed E-state index contributed by atoms with van der Waals surface area (Å²) in [4.78, 5) is 15.1. The Balaban J connectivity index is 1.72. The molecule has 1 saturated heterocycles. The predicted octanol–water partition coefficient (Wildman–Crippen LogP) is 3.63. The zero-order valence-corrected chi connectivity index (χ0v) is 17.6. The highest BCUT2D eigenvalue weighted by molar-refractivity contribution is 5.95. The van der Waals surface area contributed by atoms with E-state index in [0.29, 0.717) is 48.6 Å². The molecule has 158 valence electrons. The lowest BCUT2D eigenvalue weighted by Gasteiger charge is -2.32. The molecule has 29 heavy (non-hydrogen) atoms. The van der Waals surface area contributed by atoms with E-state index in [9.17, 15) is 4.79 Å². The average Bonchev–Trinajstić information content (AvgIpc) is 3.23. The van der Waals surface area contributed by atoms with Crippen molar-refractivity contribution in [2.45, 2.75) is 40.2 Å². The second-order valence-electron chi connectivity index (χ2n) is 7.06. The van der Waals surface area contributed by atoms with Gasteiger partial charge in [-0.3, -0.25) is 9.48 Å². The Morgan fingerprint density at radius 1 is 1.03 bits per heavy atom. The second kappa shape index (κ2) is 10.2. The van der Waals surface area contributed by atoms with Crippen molar-refractivity contribution >= 4 is 5.91 Å². The third-order valence-electron chi connectivity index (χ3n) is 5.06. The first kappa shape index (κ1) is 21.0. The number of amides is 1. The minimum absolute atomic E-state index is 0.00694. The molecular weight excluding hydrogens is 370 g/mol. The van der Waals surface area contributed by atoms with Crippen molar-refractivity contribution in [2.24, 2.45) is 5.92 Å². The predicted molar refractivity (Wildman–Crippen MR) is 111 cm³/mol. The van der Waals surface area contributed by atoms with Gasteiger partial charge in [0.1, 0.15) is 0 Å². The Labute approximate surface area is 172 Å². The smallest absolute Gasteiger partial charge is 0.254 e. The first-order chi connectivity index (χ1) is 14.2. The maximum atomic E-state index is 13.2. The summed E-state index contributed by atoms with van der Waals surface area (Å²) in [6.07, 6.45) is 5.73. The van der Waals surface area contributed by atoms with Gasteiger partial charge in [0.15, 0.2) is 11.5 Å². The third-order valence-corrected chi connectivity index (χ3v) is 5.06. The first-order valence-electron chi connectivity index (χ1n) is 10.5. The molecule has 0 radical (unpaired) electrons. The Morgan fingerprint density at radius 2 is 1.66 bits per heavy atom. The molecule has 1 aliphatic rings. The van der Waals surface area contributed by atoms with Gasteiger partial charge in [0.25, 0.3) is 5.91 Å². The summed E-state index contributed by atoms with van der Waals surface area (Å²) in [5.74, 6) is 2.21. The van der Waals surface area contributed by atoms with Crippen LogP contribution in [0.3, 0.4) is 0 Å². The van der Waals surface area contributed by atoms with Crippen LogP contribution in [0.15, 0.2) is 30.6 Å². The maximum Gasteiger partial charge on any atom is 0.254 e. The number of likely N-dealkylation sites (tertiary alicyclic amines) is 1. The monoisotopic (exact) mass is 401 g/mol. The van der Waals surface area contributed by atoms with Gasteiger partial charge in [0.2, 0.25) is 5.75 Å². The van der Waals surface area contributed by atoms with Crippen LogP contribution in [0, 0.1) is 5.92 Å². The number of piperidine rings is 1. The average molecular weight is 402 g/mol. The summed E-state index contributed by atoms with van der Waals surface area (Å²) < 4.78 is 19.2. The summed E-state index contributed by atoms with van der Waals surface area (Å²) in [5, 5.41) is 4.29. The molecule has 0 N–H and O–H groups in total. The fourth-order valence-corrected chi connectivity index (χ4v) is 3.69. The fourth-order valence-electron chi connectivity index (χ4n) is 3.69. The third kappa shape index (κ3) is 5.22. The number of rotatable bonds is 9. The largest absolute Gasteiger partial charge is 0.490 e. The van der Waals surface area contributed by atoms with E-state index in [1.165, 1.54) is 0 Å². The number of benzene rings is 1. The molecule has 7 heteroatoms. The lowest BCUT2D eigenvalue weighted by Crippen LogP contribution is -2.39. The minimum Gasteiger partial charge on any atom is -0.490 e. The molecule has 0 aliphatic carbocycles. The van der Waals surface area contributed by atoms with Crippen LogP contribution in [0.1, 0.15) is 44.0 Å². The number of hydrogen-bond acceptors (Lipinski definition) is 5. The number of ether oxygens (including phenoxy) is 3. The lowest BCUT2D eigenvalue weighted by molar-refractivity contribution is 0.0680. The highest BCUT2D eigenvalue weighted by Gasteiger charge is 2.26. The van der Waals surface area contributed by atoms with Crippen LogP contribution in [0.2, 0.25) is 0 Å². The van der Waals surface area contributed by atoms with Crippen molar-refractivity contribution in [3.63, 3.8) is 0 Å². The molecule has 2 aromatic rings. The molecule has 1 aromatic carbocycles. The van der Waals surface area contributed by atoms with E-state index in [1.54, 1.807) is 18.3 Å². The topological polar surface area (TPSA) is 65.8 Å². The summed E-state index contributed by atoms with van der Waals surface area (Å²) in [5.41, 5.74) is 0.575. The van der Waals surface area contributed by atoms with Crippen molar-refractivity contribution in [2.75, 3.05) is 32.9 Å². The van der Waals surface area contributed by atoms with Gasteiger partial charge >= 0.3 is 0 Å². The lowest BCUT2D eigenvalue weighted by atomic mass is 9.96. The fraction of sp³-hybridized carbons (Fsp3) is 0.545. The van der Waals surface area contributed by atoms with Gasteiger partial charge in [0, 0.05) is 37.6 Å². The summed E-state index contributed by atoms with van der Waals surface area (Å²) >= 11 is 0. The van der Waals surface area contributed by atoms with Crippen LogP contribution >= 0.6 is 0 Å². The Bertz CT molecular complexity index is 756. The molecule has 0 unspecified atom stereocenters. The summed E-state index contributed by atoms with van der Waals surface area (Å²) in [6.45, 7) is 9.60. The standard InChI is InChI=1S/C22H31N3O4/c1-4-27-19-14-18(15-20(28-5-2)21(19)29-6-3)22(26)24-12-8-17(9-13-24)16-25-11-7-10-23-25/h7,10-11,14-15,17H,4-6,8-9,12-13,16H2,1-3H3. The number of nitrogens with zero attached hydrogens (tertiary/aromatic N) is 3. The second-order valence-corrected chi connectivity index (χ2v) is 7.06. The van der Waals surface area contributed by atoms with Crippen molar-refractivity contribution in [1.29, 1.82) is 0 Å². The van der Waals surface area contributed by atoms with Gasteiger partial charge < -0.3 is 19.1 Å². The molecule has 0 bridgehead atoms. The van der Waals surface area contributed by atoms with Gasteiger partial charge in [-0.25, -0.2) is 0 Å². The van der Waals surface area contributed by atoms with Gasteiger partial charge in [0.05, 0.1) is 19.8 Å². The summed E-state index contributed by atoms with van der Waals surface area (Å²) in [6, 6.07) is 5.49. The molecule has 1 aliphatic heterocycles. The first-order valence-corrected chi connectivity index (χ1v) is 10.5. The zero-order chi connectivity index (χ0) is 20.6. The molecule has 1 aromatic heterocycles. The van der Waals surface area contributed by atoms with Gasteiger partial charge in [-0.1, -0.05) is 0 Å². The van der Waals surface area contributed by atoms with Crippen molar-refractivity contribution < 1.29 is 19.0 Å². The molecule has 1 amide bonds. The zero-order valence-electron chi connectivity index (χ0n) is 17.6. The van der Waals surface area contributed by atoms with Crippen molar-refractivity contribution in [3.8, 4) is 17.2 Å². The van der Waals surface area contributed by atoms with E-state index in [4.69, 9.17) is 14.2 Å². The van der Waals surface area contributed by atoms with Gasteiger partial charge in [-0.15, -0.1) is 0 Å². The molecule has 0 saturated carbocycles. The van der Waals surface area contributed by atoms with E-state index in [2.05, 4.69) is 5.10 Å². The van der Waals surface area contributed by atoms with Crippen molar-refractivity contribution in [3.05, 3.63) is 36.2 Å². The molecule has 0 atom stereocenters. The number of carbonyl (C=O) groups excluding carboxylic acids is 1. The minimum atomic E-state index is 0.00694. The van der Waals surface area contributed by atoms with E-state index >= 15 is 0 Å². The van der Waals surface area contributed by atoms with Crippen LogP contribution in [0.25, 0.3) is 0 Å². The molecule has 3 rings (SSSR count). The summed E-state index contributed by atoms with van der Waals surface area (Å²) in [7, 11) is 0. The van der Waals surface area contributed by atoms with Crippen LogP contribution in [0.5, 0.6) is 17.2 Å².